The fourth-order valence-corrected chi connectivity index (χ4v) is 2.02. The van der Waals surface area contributed by atoms with Crippen LogP contribution in [0, 0.1) is 5.82 Å². The van der Waals surface area contributed by atoms with E-state index in [9.17, 15) is 4.39 Å². The van der Waals surface area contributed by atoms with Gasteiger partial charge in [0, 0.05) is 6.54 Å². The fourth-order valence-electron chi connectivity index (χ4n) is 1.90. The molecule has 0 saturated heterocycles. The molecule has 0 unspecified atom stereocenters. The van der Waals surface area contributed by atoms with Crippen LogP contribution < -0.4 is 5.48 Å². The topological polar surface area (TPSA) is 21.3 Å². The van der Waals surface area contributed by atoms with Crippen LogP contribution in [-0.4, -0.2) is 6.10 Å². The molecule has 0 bridgehead atoms. The Balaban J connectivity index is 1.78. The Bertz CT molecular complexity index is 353. The van der Waals surface area contributed by atoms with Gasteiger partial charge in [-0.25, -0.2) is 4.39 Å². The van der Waals surface area contributed by atoms with E-state index in [4.69, 9.17) is 16.4 Å². The van der Waals surface area contributed by atoms with E-state index in [1.54, 1.807) is 12.1 Å². The maximum atomic E-state index is 13.1. The summed E-state index contributed by atoms with van der Waals surface area (Å²) in [4.78, 5) is 5.47. The Hall–Kier alpha value is -0.640. The molecular weight excluding hydrogens is 229 g/mol. The first-order valence-electron chi connectivity index (χ1n) is 5.58. The minimum Gasteiger partial charge on any atom is -0.298 e. The van der Waals surface area contributed by atoms with Gasteiger partial charge >= 0.3 is 0 Å². The Labute approximate surface area is 99.7 Å². The van der Waals surface area contributed by atoms with Gasteiger partial charge in [0.2, 0.25) is 0 Å². The fraction of sp³-hybridized carbons (Fsp3) is 0.500. The SMILES string of the molecule is Fc1cc(CNOC2CCCC2)ccc1Cl. The van der Waals surface area contributed by atoms with Crippen LogP contribution in [0.5, 0.6) is 0 Å². The molecule has 1 aliphatic rings. The summed E-state index contributed by atoms with van der Waals surface area (Å²) in [6.45, 7) is 0.505. The van der Waals surface area contributed by atoms with E-state index >= 15 is 0 Å². The van der Waals surface area contributed by atoms with E-state index in [-0.39, 0.29) is 10.8 Å². The second kappa shape index (κ2) is 5.62. The van der Waals surface area contributed by atoms with Crippen molar-refractivity contribution < 1.29 is 9.23 Å². The molecule has 0 heterocycles. The minimum absolute atomic E-state index is 0.153. The lowest BCUT2D eigenvalue weighted by molar-refractivity contribution is -0.0244. The molecule has 2 rings (SSSR count). The average Bonchev–Trinajstić information content (AvgIpc) is 2.76. The number of hydroxylamine groups is 1. The Kier molecular flexibility index (Phi) is 4.16. The van der Waals surface area contributed by atoms with Crippen LogP contribution in [0.25, 0.3) is 0 Å². The molecule has 16 heavy (non-hydrogen) atoms. The predicted molar refractivity (Wildman–Crippen MR) is 61.6 cm³/mol. The van der Waals surface area contributed by atoms with Crippen LogP contribution in [0.3, 0.4) is 0 Å². The second-order valence-electron chi connectivity index (χ2n) is 4.09. The molecule has 1 N–H and O–H groups in total. The monoisotopic (exact) mass is 243 g/mol. The van der Waals surface area contributed by atoms with E-state index in [2.05, 4.69) is 5.48 Å². The molecule has 0 spiro atoms. The van der Waals surface area contributed by atoms with Crippen molar-refractivity contribution in [2.45, 2.75) is 38.3 Å². The van der Waals surface area contributed by atoms with Gasteiger partial charge in [-0.1, -0.05) is 30.5 Å². The molecule has 1 aromatic rings. The lowest BCUT2D eigenvalue weighted by atomic mass is 10.2. The lowest BCUT2D eigenvalue weighted by Gasteiger charge is -2.11. The molecule has 4 heteroatoms. The first-order valence-corrected chi connectivity index (χ1v) is 5.96. The highest BCUT2D eigenvalue weighted by Gasteiger charge is 2.15. The molecule has 1 aromatic carbocycles. The highest BCUT2D eigenvalue weighted by Crippen LogP contribution is 2.20. The lowest BCUT2D eigenvalue weighted by Crippen LogP contribution is -2.21. The first-order chi connectivity index (χ1) is 7.75. The molecule has 2 nitrogen and oxygen atoms in total. The smallest absolute Gasteiger partial charge is 0.142 e. The Morgan fingerprint density at radius 1 is 1.38 bits per heavy atom. The summed E-state index contributed by atoms with van der Waals surface area (Å²) in [6.07, 6.45) is 5.02. The highest BCUT2D eigenvalue weighted by molar-refractivity contribution is 6.30. The molecule has 1 aliphatic carbocycles. The van der Waals surface area contributed by atoms with Crippen molar-refractivity contribution in [3.63, 3.8) is 0 Å². The van der Waals surface area contributed by atoms with E-state index in [0.717, 1.165) is 18.4 Å². The van der Waals surface area contributed by atoms with Crippen molar-refractivity contribution in [3.8, 4) is 0 Å². The van der Waals surface area contributed by atoms with Crippen LogP contribution in [0.4, 0.5) is 4.39 Å². The van der Waals surface area contributed by atoms with Crippen molar-refractivity contribution in [2.75, 3.05) is 0 Å². The number of hydrogen-bond donors (Lipinski definition) is 1. The van der Waals surface area contributed by atoms with Crippen molar-refractivity contribution >= 4 is 11.6 Å². The number of halogens is 2. The van der Waals surface area contributed by atoms with Gasteiger partial charge in [-0.05, 0) is 30.5 Å². The van der Waals surface area contributed by atoms with E-state index in [1.807, 2.05) is 0 Å². The predicted octanol–water partition coefficient (Wildman–Crippen LogP) is 3.44. The number of hydrogen-bond acceptors (Lipinski definition) is 2. The highest BCUT2D eigenvalue weighted by atomic mass is 35.5. The normalized spacial score (nSPS) is 16.9. The maximum absolute atomic E-state index is 13.1. The van der Waals surface area contributed by atoms with Crippen LogP contribution >= 0.6 is 11.6 Å². The third kappa shape index (κ3) is 3.17. The molecular formula is C12H15ClFNO. The largest absolute Gasteiger partial charge is 0.298 e. The zero-order valence-corrected chi connectivity index (χ0v) is 9.77. The van der Waals surface area contributed by atoms with Crippen LogP contribution in [-0.2, 0) is 11.4 Å². The molecule has 0 radical (unpaired) electrons. The minimum atomic E-state index is -0.387. The molecule has 0 aliphatic heterocycles. The molecule has 0 amide bonds. The van der Waals surface area contributed by atoms with Gasteiger partial charge in [0.15, 0.2) is 0 Å². The van der Waals surface area contributed by atoms with Gasteiger partial charge in [0.1, 0.15) is 5.82 Å². The Morgan fingerprint density at radius 2 is 2.12 bits per heavy atom. The summed E-state index contributed by atoms with van der Waals surface area (Å²) >= 11 is 5.59. The van der Waals surface area contributed by atoms with Crippen molar-refractivity contribution in [1.82, 2.24) is 5.48 Å². The van der Waals surface area contributed by atoms with E-state index in [1.165, 1.54) is 18.9 Å². The molecule has 88 valence electrons. The molecule has 0 atom stereocenters. The standard InChI is InChI=1S/C12H15ClFNO/c13-11-6-5-9(7-12(11)14)8-15-16-10-3-1-2-4-10/h5-7,10,15H,1-4,8H2. The second-order valence-corrected chi connectivity index (χ2v) is 4.50. The van der Waals surface area contributed by atoms with Crippen LogP contribution in [0.15, 0.2) is 18.2 Å². The van der Waals surface area contributed by atoms with Gasteiger partial charge in [0.25, 0.3) is 0 Å². The first kappa shape index (κ1) is 11.8. The zero-order chi connectivity index (χ0) is 11.4. The third-order valence-electron chi connectivity index (χ3n) is 2.81. The number of benzene rings is 1. The quantitative estimate of drug-likeness (QED) is 0.818. The van der Waals surface area contributed by atoms with Gasteiger partial charge in [-0.2, -0.15) is 5.48 Å². The third-order valence-corrected chi connectivity index (χ3v) is 3.12. The van der Waals surface area contributed by atoms with Gasteiger partial charge < -0.3 is 0 Å². The Morgan fingerprint density at radius 3 is 2.81 bits per heavy atom. The summed E-state index contributed by atoms with van der Waals surface area (Å²) in [5.41, 5.74) is 3.71. The molecule has 1 saturated carbocycles. The molecule has 0 aromatic heterocycles. The molecule has 1 fully saturated rings. The zero-order valence-electron chi connectivity index (χ0n) is 9.01. The summed E-state index contributed by atoms with van der Waals surface area (Å²) < 4.78 is 13.1. The number of rotatable bonds is 4. The summed E-state index contributed by atoms with van der Waals surface area (Å²) in [7, 11) is 0. The van der Waals surface area contributed by atoms with Crippen LogP contribution in [0.2, 0.25) is 5.02 Å². The van der Waals surface area contributed by atoms with Crippen molar-refractivity contribution in [3.05, 3.63) is 34.6 Å². The summed E-state index contributed by atoms with van der Waals surface area (Å²) in [5, 5.41) is 0.153. The van der Waals surface area contributed by atoms with Gasteiger partial charge in [-0.3, -0.25) is 4.84 Å². The van der Waals surface area contributed by atoms with Gasteiger partial charge in [0.05, 0.1) is 11.1 Å². The maximum Gasteiger partial charge on any atom is 0.142 e. The van der Waals surface area contributed by atoms with Crippen molar-refractivity contribution in [2.24, 2.45) is 0 Å². The average molecular weight is 244 g/mol. The van der Waals surface area contributed by atoms with Gasteiger partial charge in [-0.15, -0.1) is 0 Å². The van der Waals surface area contributed by atoms with Crippen LogP contribution in [0.1, 0.15) is 31.2 Å². The van der Waals surface area contributed by atoms with E-state index < -0.39 is 0 Å². The van der Waals surface area contributed by atoms with Crippen molar-refractivity contribution in [1.29, 1.82) is 0 Å². The summed E-state index contributed by atoms with van der Waals surface area (Å²) in [5.74, 6) is -0.387. The summed E-state index contributed by atoms with van der Waals surface area (Å²) in [6, 6.07) is 4.77. The van der Waals surface area contributed by atoms with E-state index in [0.29, 0.717) is 12.6 Å². The number of nitrogens with one attached hydrogen (secondary N) is 1.